The van der Waals surface area contributed by atoms with E-state index < -0.39 is 0 Å². The predicted molar refractivity (Wildman–Crippen MR) is 163 cm³/mol. The minimum absolute atomic E-state index is 0.0569. The number of likely N-dealkylation sites (tertiary alicyclic amines) is 2. The first-order valence-electron chi connectivity index (χ1n) is 15.4. The second kappa shape index (κ2) is 13.7. The van der Waals surface area contributed by atoms with Gasteiger partial charge in [-0.25, -0.2) is 14.8 Å². The minimum atomic E-state index is -0.0569. The molecule has 42 heavy (non-hydrogen) atoms. The summed E-state index contributed by atoms with van der Waals surface area (Å²) in [5.74, 6) is 1.09. The van der Waals surface area contributed by atoms with Crippen molar-refractivity contribution >= 4 is 28.3 Å². The van der Waals surface area contributed by atoms with Gasteiger partial charge in [0.15, 0.2) is 0 Å². The SMILES string of the molecule is O=C(Nc1ccc(N2CCOCC2)cc1)N1CCC(c2ncnc3cc(OCCCN4CCC[C@H]4CO)ccc23)CC1. The van der Waals surface area contributed by atoms with Crippen LogP contribution < -0.4 is 15.0 Å². The number of hydrogen-bond acceptors (Lipinski definition) is 8. The number of fused-ring (bicyclic) bond motifs is 1. The zero-order chi connectivity index (χ0) is 28.7. The van der Waals surface area contributed by atoms with Gasteiger partial charge in [-0.2, -0.15) is 0 Å². The number of hydrogen-bond donors (Lipinski definition) is 2. The maximum Gasteiger partial charge on any atom is 0.321 e. The number of nitrogens with one attached hydrogen (secondary N) is 1. The summed E-state index contributed by atoms with van der Waals surface area (Å²) in [6.45, 7) is 7.54. The summed E-state index contributed by atoms with van der Waals surface area (Å²) in [5, 5.41) is 13.6. The van der Waals surface area contributed by atoms with Gasteiger partial charge in [0.05, 0.1) is 37.6 Å². The first kappa shape index (κ1) is 28.6. The van der Waals surface area contributed by atoms with Crippen molar-refractivity contribution < 1.29 is 19.4 Å². The van der Waals surface area contributed by atoms with Gasteiger partial charge in [-0.1, -0.05) is 0 Å². The van der Waals surface area contributed by atoms with Crippen molar-refractivity contribution in [1.29, 1.82) is 0 Å². The molecule has 2 amide bonds. The number of carbonyl (C=O) groups excluding carboxylic acids is 1. The smallest absolute Gasteiger partial charge is 0.321 e. The lowest BCUT2D eigenvalue weighted by molar-refractivity contribution is 0.122. The average molecular weight is 575 g/mol. The first-order chi connectivity index (χ1) is 20.7. The molecular formula is C32H42N6O4. The van der Waals surface area contributed by atoms with Crippen LogP contribution in [0.15, 0.2) is 48.8 Å². The maximum absolute atomic E-state index is 13.0. The Morgan fingerprint density at radius 3 is 2.60 bits per heavy atom. The number of aromatic nitrogens is 2. The van der Waals surface area contributed by atoms with Gasteiger partial charge in [-0.05, 0) is 75.0 Å². The summed E-state index contributed by atoms with van der Waals surface area (Å²) >= 11 is 0. The molecule has 0 radical (unpaired) electrons. The fourth-order valence-electron chi connectivity index (χ4n) is 6.46. The van der Waals surface area contributed by atoms with E-state index in [9.17, 15) is 9.90 Å². The molecule has 224 valence electrons. The van der Waals surface area contributed by atoms with Gasteiger partial charge in [-0.15, -0.1) is 0 Å². The van der Waals surface area contributed by atoms with Crippen LogP contribution in [0.2, 0.25) is 0 Å². The highest BCUT2D eigenvalue weighted by molar-refractivity contribution is 5.89. The summed E-state index contributed by atoms with van der Waals surface area (Å²) in [5.41, 5.74) is 3.90. The molecule has 0 saturated carbocycles. The number of ether oxygens (including phenoxy) is 2. The number of benzene rings is 2. The van der Waals surface area contributed by atoms with E-state index in [0.717, 1.165) is 105 Å². The number of nitrogens with zero attached hydrogens (tertiary/aromatic N) is 5. The van der Waals surface area contributed by atoms with Crippen LogP contribution in [0.3, 0.4) is 0 Å². The second-order valence-corrected chi connectivity index (χ2v) is 11.5. The fourth-order valence-corrected chi connectivity index (χ4v) is 6.46. The van der Waals surface area contributed by atoms with E-state index >= 15 is 0 Å². The van der Waals surface area contributed by atoms with Crippen LogP contribution in [0, 0.1) is 0 Å². The van der Waals surface area contributed by atoms with Gasteiger partial charge in [0.25, 0.3) is 0 Å². The van der Waals surface area contributed by atoms with Gasteiger partial charge < -0.3 is 29.7 Å². The molecule has 10 nitrogen and oxygen atoms in total. The zero-order valence-electron chi connectivity index (χ0n) is 24.3. The van der Waals surface area contributed by atoms with Crippen LogP contribution in [0.5, 0.6) is 5.75 Å². The summed E-state index contributed by atoms with van der Waals surface area (Å²) in [4.78, 5) is 28.8. The lowest BCUT2D eigenvalue weighted by Gasteiger charge is -2.32. The van der Waals surface area contributed by atoms with E-state index in [-0.39, 0.29) is 18.6 Å². The zero-order valence-corrected chi connectivity index (χ0v) is 24.3. The van der Waals surface area contributed by atoms with Crippen LogP contribution in [0.1, 0.15) is 43.7 Å². The topological polar surface area (TPSA) is 103 Å². The van der Waals surface area contributed by atoms with Crippen molar-refractivity contribution in [2.45, 2.75) is 44.1 Å². The number of morpholine rings is 1. The molecule has 3 saturated heterocycles. The van der Waals surface area contributed by atoms with Crippen LogP contribution in [-0.2, 0) is 4.74 Å². The summed E-state index contributed by atoms with van der Waals surface area (Å²) in [6, 6.07) is 14.4. The Morgan fingerprint density at radius 1 is 1.00 bits per heavy atom. The molecule has 1 aromatic heterocycles. The molecule has 0 aliphatic carbocycles. The molecule has 6 rings (SSSR count). The van der Waals surface area contributed by atoms with Gasteiger partial charge in [0.2, 0.25) is 0 Å². The number of aliphatic hydroxyl groups excluding tert-OH is 1. The summed E-state index contributed by atoms with van der Waals surface area (Å²) in [6.07, 6.45) is 6.54. The van der Waals surface area contributed by atoms with Crippen LogP contribution in [0.4, 0.5) is 16.2 Å². The number of urea groups is 1. The third-order valence-electron chi connectivity index (χ3n) is 8.87. The molecule has 0 bridgehead atoms. The molecule has 0 unspecified atom stereocenters. The predicted octanol–water partition coefficient (Wildman–Crippen LogP) is 4.10. The molecule has 0 spiro atoms. The molecule has 3 aromatic rings. The van der Waals surface area contributed by atoms with Crippen LogP contribution in [-0.4, -0.2) is 103 Å². The second-order valence-electron chi connectivity index (χ2n) is 11.5. The molecular weight excluding hydrogens is 532 g/mol. The Bertz CT molecular complexity index is 1320. The summed E-state index contributed by atoms with van der Waals surface area (Å²) < 4.78 is 11.5. The number of anilines is 2. The molecule has 2 N–H and O–H groups in total. The third-order valence-corrected chi connectivity index (χ3v) is 8.87. The monoisotopic (exact) mass is 574 g/mol. The fraction of sp³-hybridized carbons (Fsp3) is 0.531. The Kier molecular flexibility index (Phi) is 9.32. The van der Waals surface area contributed by atoms with Crippen LogP contribution >= 0.6 is 0 Å². The Balaban J connectivity index is 0.993. The number of aliphatic hydroxyl groups is 1. The Hall–Kier alpha value is -3.47. The van der Waals surface area contributed by atoms with Crippen LogP contribution in [0.25, 0.3) is 10.9 Å². The highest BCUT2D eigenvalue weighted by Gasteiger charge is 2.26. The van der Waals surface area contributed by atoms with Crippen molar-refractivity contribution in [2.24, 2.45) is 0 Å². The van der Waals surface area contributed by atoms with Crippen molar-refractivity contribution in [3.05, 3.63) is 54.5 Å². The average Bonchev–Trinajstić information content (AvgIpc) is 3.51. The number of rotatable bonds is 9. The highest BCUT2D eigenvalue weighted by Crippen LogP contribution is 2.32. The van der Waals surface area contributed by atoms with Crippen molar-refractivity contribution in [3.63, 3.8) is 0 Å². The maximum atomic E-state index is 13.0. The van der Waals surface area contributed by atoms with Gasteiger partial charge in [0, 0.05) is 67.5 Å². The molecule has 3 aliphatic rings. The summed E-state index contributed by atoms with van der Waals surface area (Å²) in [7, 11) is 0. The minimum Gasteiger partial charge on any atom is -0.493 e. The quantitative estimate of drug-likeness (QED) is 0.368. The van der Waals surface area contributed by atoms with E-state index in [1.54, 1.807) is 6.33 Å². The number of carbonyl (C=O) groups is 1. The van der Waals surface area contributed by atoms with Crippen molar-refractivity contribution in [2.75, 3.05) is 75.9 Å². The molecule has 4 heterocycles. The lowest BCUT2D eigenvalue weighted by Crippen LogP contribution is -2.40. The molecule has 3 fully saturated rings. The number of piperidine rings is 1. The number of amides is 2. The van der Waals surface area contributed by atoms with Crippen molar-refractivity contribution in [3.8, 4) is 5.75 Å². The molecule has 1 atom stereocenters. The van der Waals surface area contributed by atoms with Gasteiger partial charge >= 0.3 is 6.03 Å². The largest absolute Gasteiger partial charge is 0.493 e. The van der Waals surface area contributed by atoms with E-state index in [1.807, 2.05) is 29.2 Å². The highest BCUT2D eigenvalue weighted by atomic mass is 16.5. The van der Waals surface area contributed by atoms with Gasteiger partial charge in [0.1, 0.15) is 12.1 Å². The van der Waals surface area contributed by atoms with Crippen molar-refractivity contribution in [1.82, 2.24) is 19.8 Å². The third kappa shape index (κ3) is 6.77. The molecule has 2 aromatic carbocycles. The van der Waals surface area contributed by atoms with Gasteiger partial charge in [-0.3, -0.25) is 4.90 Å². The Labute approximate surface area is 247 Å². The van der Waals surface area contributed by atoms with E-state index in [4.69, 9.17) is 9.47 Å². The van der Waals surface area contributed by atoms with E-state index in [0.29, 0.717) is 25.7 Å². The normalized spacial score (nSPS) is 20.3. The van der Waals surface area contributed by atoms with E-state index in [2.05, 4.69) is 43.3 Å². The first-order valence-corrected chi connectivity index (χ1v) is 15.4. The standard InChI is InChI=1S/C32H42N6O4/c39-22-27-3-1-12-36(27)13-2-18-42-28-8-9-29-30(21-28)33-23-34-31(29)24-10-14-38(15-11-24)32(40)35-25-4-6-26(7-5-25)37-16-19-41-20-17-37/h4-9,21,23-24,27,39H,1-3,10-20,22H2,(H,35,40)/t27-/m0/s1. The molecule has 10 heteroatoms. The van der Waals surface area contributed by atoms with E-state index in [1.165, 1.54) is 0 Å². The lowest BCUT2D eigenvalue weighted by atomic mass is 9.91. The Morgan fingerprint density at radius 2 is 1.81 bits per heavy atom. The molecule has 3 aliphatic heterocycles.